The Kier molecular flexibility index (Phi) is 10.7. The molecule has 0 aliphatic carbocycles. The van der Waals surface area contributed by atoms with Crippen molar-refractivity contribution in [2.45, 2.75) is 52.2 Å². The van der Waals surface area contributed by atoms with Gasteiger partial charge in [-0.2, -0.15) is 0 Å². The van der Waals surface area contributed by atoms with Gasteiger partial charge in [-0.25, -0.2) is 12.8 Å². The van der Waals surface area contributed by atoms with Crippen molar-refractivity contribution in [2.75, 3.05) is 31.3 Å². The van der Waals surface area contributed by atoms with Crippen molar-refractivity contribution in [3.05, 3.63) is 53.8 Å². The van der Waals surface area contributed by atoms with E-state index in [1.807, 2.05) is 13.8 Å². The maximum absolute atomic E-state index is 13.7. The van der Waals surface area contributed by atoms with Gasteiger partial charge in [0.05, 0.1) is 26.2 Å². The first-order valence-corrected chi connectivity index (χ1v) is 13.8. The fourth-order valence-electron chi connectivity index (χ4n) is 3.73. The lowest BCUT2D eigenvalue weighted by Gasteiger charge is -2.33. The van der Waals surface area contributed by atoms with Crippen LogP contribution in [0.5, 0.6) is 11.5 Å². The van der Waals surface area contributed by atoms with Crippen LogP contribution in [0.25, 0.3) is 0 Å². The molecule has 11 heteroatoms. The first-order chi connectivity index (χ1) is 17.4. The van der Waals surface area contributed by atoms with Crippen LogP contribution in [-0.2, 0) is 26.2 Å². The lowest BCUT2D eigenvalue weighted by Crippen LogP contribution is -2.53. The van der Waals surface area contributed by atoms with E-state index in [2.05, 4.69) is 5.32 Å². The van der Waals surface area contributed by atoms with E-state index in [0.717, 1.165) is 10.6 Å². The van der Waals surface area contributed by atoms with Crippen LogP contribution in [0.15, 0.2) is 42.5 Å². The Morgan fingerprint density at radius 1 is 1.03 bits per heavy atom. The fourth-order valence-corrected chi connectivity index (χ4v) is 4.59. The van der Waals surface area contributed by atoms with Gasteiger partial charge in [-0.1, -0.05) is 26.0 Å². The maximum atomic E-state index is 13.7. The third kappa shape index (κ3) is 8.08. The summed E-state index contributed by atoms with van der Waals surface area (Å²) in [4.78, 5) is 28.2. The normalized spacial score (nSPS) is 12.8. The third-order valence-electron chi connectivity index (χ3n) is 5.99. The zero-order chi connectivity index (χ0) is 27.8. The minimum atomic E-state index is -3.94. The van der Waals surface area contributed by atoms with E-state index in [0.29, 0.717) is 24.2 Å². The Hall–Kier alpha value is -3.34. The molecule has 0 unspecified atom stereocenters. The molecule has 0 aliphatic heterocycles. The standard InChI is InChI=1S/C26H36FN3O6S/c1-7-18(3)28-26(32)22(8-2)29(16-19-9-11-20(27)12-10-19)25(31)17-30(37(6,33)34)23-14-13-21(35-4)15-24(23)36-5/h9-15,18,22H,7-8,16-17H2,1-6H3,(H,28,32)/t18-,22-/m0/s1. The molecule has 2 atom stereocenters. The van der Waals surface area contributed by atoms with E-state index >= 15 is 0 Å². The van der Waals surface area contributed by atoms with Crippen LogP contribution in [-0.4, -0.2) is 64.2 Å². The lowest BCUT2D eigenvalue weighted by molar-refractivity contribution is -0.140. The highest BCUT2D eigenvalue weighted by Crippen LogP contribution is 2.33. The lowest BCUT2D eigenvalue weighted by atomic mass is 10.1. The largest absolute Gasteiger partial charge is 0.497 e. The fraction of sp³-hybridized carbons (Fsp3) is 0.462. The number of hydrogen-bond acceptors (Lipinski definition) is 6. The summed E-state index contributed by atoms with van der Waals surface area (Å²) in [6, 6.07) is 9.17. The average Bonchev–Trinajstić information content (AvgIpc) is 2.86. The topological polar surface area (TPSA) is 105 Å². The van der Waals surface area contributed by atoms with E-state index < -0.39 is 34.3 Å². The van der Waals surface area contributed by atoms with Crippen LogP contribution >= 0.6 is 0 Å². The Morgan fingerprint density at radius 3 is 2.19 bits per heavy atom. The number of benzene rings is 2. The van der Waals surface area contributed by atoms with Crippen molar-refractivity contribution < 1.29 is 31.9 Å². The summed E-state index contributed by atoms with van der Waals surface area (Å²) >= 11 is 0. The monoisotopic (exact) mass is 537 g/mol. The predicted molar refractivity (Wildman–Crippen MR) is 141 cm³/mol. The number of nitrogens with one attached hydrogen (secondary N) is 1. The van der Waals surface area contributed by atoms with Gasteiger partial charge in [-0.05, 0) is 49.6 Å². The van der Waals surface area contributed by atoms with Crippen molar-refractivity contribution >= 4 is 27.5 Å². The molecule has 0 bridgehead atoms. The summed E-state index contributed by atoms with van der Waals surface area (Å²) in [7, 11) is -1.09. The molecule has 204 valence electrons. The van der Waals surface area contributed by atoms with Gasteiger partial charge >= 0.3 is 0 Å². The van der Waals surface area contributed by atoms with E-state index in [1.54, 1.807) is 13.0 Å². The van der Waals surface area contributed by atoms with Crippen LogP contribution in [0.3, 0.4) is 0 Å². The second-order valence-electron chi connectivity index (χ2n) is 8.70. The molecule has 37 heavy (non-hydrogen) atoms. The quantitative estimate of drug-likeness (QED) is 0.420. The Labute approximate surface area is 218 Å². The van der Waals surface area contributed by atoms with Gasteiger partial charge in [0.2, 0.25) is 21.8 Å². The van der Waals surface area contributed by atoms with Crippen molar-refractivity contribution in [3.8, 4) is 11.5 Å². The number of nitrogens with zero attached hydrogens (tertiary/aromatic N) is 2. The number of methoxy groups -OCH3 is 2. The predicted octanol–water partition coefficient (Wildman–Crippen LogP) is 3.33. The second kappa shape index (κ2) is 13.3. The maximum Gasteiger partial charge on any atom is 0.244 e. The molecule has 2 aromatic rings. The van der Waals surface area contributed by atoms with E-state index in [-0.39, 0.29) is 29.9 Å². The van der Waals surface area contributed by atoms with Crippen LogP contribution in [0.1, 0.15) is 39.2 Å². The molecule has 2 rings (SSSR count). The van der Waals surface area contributed by atoms with E-state index in [4.69, 9.17) is 9.47 Å². The molecule has 0 spiro atoms. The molecule has 0 radical (unpaired) electrons. The third-order valence-corrected chi connectivity index (χ3v) is 7.11. The molecule has 2 amide bonds. The second-order valence-corrected chi connectivity index (χ2v) is 10.6. The number of carbonyl (C=O) groups is 2. The van der Waals surface area contributed by atoms with Crippen molar-refractivity contribution in [1.82, 2.24) is 10.2 Å². The van der Waals surface area contributed by atoms with Gasteiger partial charge in [0.1, 0.15) is 29.9 Å². The molecule has 0 heterocycles. The number of amides is 2. The Bertz CT molecular complexity index is 1170. The van der Waals surface area contributed by atoms with Crippen LogP contribution < -0.4 is 19.1 Å². The highest BCUT2D eigenvalue weighted by atomic mass is 32.2. The summed E-state index contributed by atoms with van der Waals surface area (Å²) < 4.78 is 50.6. The summed E-state index contributed by atoms with van der Waals surface area (Å²) in [5, 5.41) is 2.90. The average molecular weight is 538 g/mol. The zero-order valence-corrected chi connectivity index (χ0v) is 23.0. The first kappa shape index (κ1) is 29.9. The number of sulfonamides is 1. The van der Waals surface area contributed by atoms with Crippen molar-refractivity contribution in [1.29, 1.82) is 0 Å². The van der Waals surface area contributed by atoms with Crippen LogP contribution in [0.2, 0.25) is 0 Å². The highest BCUT2D eigenvalue weighted by Gasteiger charge is 2.33. The summed E-state index contributed by atoms with van der Waals surface area (Å²) in [5.74, 6) is -0.729. The number of hydrogen-bond donors (Lipinski definition) is 1. The first-order valence-electron chi connectivity index (χ1n) is 12.0. The number of halogens is 1. The van der Waals surface area contributed by atoms with E-state index in [9.17, 15) is 22.4 Å². The van der Waals surface area contributed by atoms with Crippen LogP contribution in [0, 0.1) is 5.82 Å². The highest BCUT2D eigenvalue weighted by molar-refractivity contribution is 7.92. The van der Waals surface area contributed by atoms with Gasteiger partial charge in [0, 0.05) is 18.7 Å². The molecule has 0 aliphatic rings. The molecule has 0 saturated carbocycles. The van der Waals surface area contributed by atoms with Crippen LogP contribution in [0.4, 0.5) is 10.1 Å². The minimum absolute atomic E-state index is 0.0110. The molecule has 1 N–H and O–H groups in total. The number of anilines is 1. The number of carbonyl (C=O) groups excluding carboxylic acids is 2. The molecule has 0 aromatic heterocycles. The molecular formula is C26H36FN3O6S. The van der Waals surface area contributed by atoms with Gasteiger partial charge in [-0.15, -0.1) is 0 Å². The molecule has 9 nitrogen and oxygen atoms in total. The van der Waals surface area contributed by atoms with Gasteiger partial charge in [0.25, 0.3) is 0 Å². The van der Waals surface area contributed by atoms with Gasteiger partial charge in [-0.3, -0.25) is 13.9 Å². The van der Waals surface area contributed by atoms with Crippen molar-refractivity contribution in [3.63, 3.8) is 0 Å². The number of rotatable bonds is 13. The molecule has 2 aromatic carbocycles. The van der Waals surface area contributed by atoms with Crippen molar-refractivity contribution in [2.24, 2.45) is 0 Å². The summed E-state index contributed by atoms with van der Waals surface area (Å²) in [6.45, 7) is 4.98. The van der Waals surface area contributed by atoms with Gasteiger partial charge < -0.3 is 19.7 Å². The summed E-state index contributed by atoms with van der Waals surface area (Å²) in [5.41, 5.74) is 0.746. The number of ether oxygens (including phenoxy) is 2. The molecule has 0 fully saturated rings. The molecule has 0 saturated heterocycles. The SMILES string of the molecule is CC[C@H](C)NC(=O)[C@H](CC)N(Cc1ccc(F)cc1)C(=O)CN(c1ccc(OC)cc1OC)S(C)(=O)=O. The smallest absolute Gasteiger partial charge is 0.244 e. The Morgan fingerprint density at radius 2 is 1.68 bits per heavy atom. The summed E-state index contributed by atoms with van der Waals surface area (Å²) in [6.07, 6.45) is 1.98. The minimum Gasteiger partial charge on any atom is -0.497 e. The van der Waals surface area contributed by atoms with E-state index in [1.165, 1.54) is 55.5 Å². The van der Waals surface area contributed by atoms with Gasteiger partial charge in [0.15, 0.2) is 0 Å². The zero-order valence-electron chi connectivity index (χ0n) is 22.2. The molecular weight excluding hydrogens is 501 g/mol. The Balaban J connectivity index is 2.50.